The van der Waals surface area contributed by atoms with Crippen LogP contribution in [0.1, 0.15) is 27.9 Å². The lowest BCUT2D eigenvalue weighted by molar-refractivity contribution is 0.0953. The van der Waals surface area contributed by atoms with Gasteiger partial charge in [-0.1, -0.05) is 55.1 Å². The van der Waals surface area contributed by atoms with Gasteiger partial charge < -0.3 is 11.1 Å². The summed E-state index contributed by atoms with van der Waals surface area (Å²) in [7, 11) is -3.84. The second-order valence-electron chi connectivity index (χ2n) is 7.20. The number of nitrogens with two attached hydrogens (primary N) is 2. The molecule has 0 heterocycles. The van der Waals surface area contributed by atoms with Crippen molar-refractivity contribution in [2.24, 2.45) is 10.9 Å². The van der Waals surface area contributed by atoms with Crippen LogP contribution >= 0.6 is 0 Å². The average molecular weight is 436 g/mol. The molecule has 160 valence electrons. The zero-order chi connectivity index (χ0) is 22.4. The van der Waals surface area contributed by atoms with Crippen LogP contribution in [0.2, 0.25) is 0 Å². The maximum atomic E-state index is 12.4. The van der Waals surface area contributed by atoms with E-state index in [9.17, 15) is 13.2 Å². The Bertz CT molecular complexity index is 1200. The Morgan fingerprint density at radius 1 is 0.935 bits per heavy atom. The fourth-order valence-corrected chi connectivity index (χ4v) is 4.04. The SMILES string of the molecule is C=C(N)c1cccc(CCCNC(=O)c2ccc(-c3ccccc3S(N)(=O)=O)cc2)c1. The maximum Gasteiger partial charge on any atom is 0.251 e. The zero-order valence-corrected chi connectivity index (χ0v) is 17.9. The van der Waals surface area contributed by atoms with Gasteiger partial charge in [0.1, 0.15) is 0 Å². The number of hydrogen-bond acceptors (Lipinski definition) is 4. The first-order valence-electron chi connectivity index (χ1n) is 9.80. The van der Waals surface area contributed by atoms with Gasteiger partial charge in [-0.3, -0.25) is 4.79 Å². The standard InChI is InChI=1S/C24H25N3O3S/c1-17(25)21-8-4-6-18(16-21)7-5-15-27-24(28)20-13-11-19(12-14-20)22-9-2-3-10-23(22)31(26,29)30/h2-4,6,8-14,16H,1,5,7,15,25H2,(H,27,28)(H2,26,29,30). The van der Waals surface area contributed by atoms with Crippen molar-refractivity contribution in [2.75, 3.05) is 6.54 Å². The summed E-state index contributed by atoms with van der Waals surface area (Å²) in [5.41, 5.74) is 9.97. The quantitative estimate of drug-likeness (QED) is 0.471. The second kappa shape index (κ2) is 9.59. The predicted molar refractivity (Wildman–Crippen MR) is 124 cm³/mol. The number of primary sulfonamides is 1. The number of aryl methyl sites for hydroxylation is 1. The van der Waals surface area contributed by atoms with E-state index >= 15 is 0 Å². The van der Waals surface area contributed by atoms with E-state index in [0.717, 1.165) is 24.0 Å². The highest BCUT2D eigenvalue weighted by Crippen LogP contribution is 2.26. The van der Waals surface area contributed by atoms with Gasteiger partial charge in [-0.25, -0.2) is 13.6 Å². The third-order valence-corrected chi connectivity index (χ3v) is 5.85. The zero-order valence-electron chi connectivity index (χ0n) is 17.0. The van der Waals surface area contributed by atoms with Gasteiger partial charge >= 0.3 is 0 Å². The van der Waals surface area contributed by atoms with Gasteiger partial charge in [-0.15, -0.1) is 0 Å². The molecule has 7 heteroatoms. The van der Waals surface area contributed by atoms with Gasteiger partial charge in [0.05, 0.1) is 4.90 Å². The van der Waals surface area contributed by atoms with Gasteiger partial charge in [0.25, 0.3) is 5.91 Å². The van der Waals surface area contributed by atoms with Crippen molar-refractivity contribution in [2.45, 2.75) is 17.7 Å². The van der Waals surface area contributed by atoms with E-state index in [2.05, 4.69) is 11.9 Å². The fraction of sp³-hybridized carbons (Fsp3) is 0.125. The molecule has 3 aromatic rings. The molecule has 0 fully saturated rings. The molecule has 6 nitrogen and oxygen atoms in total. The minimum atomic E-state index is -3.84. The minimum Gasteiger partial charge on any atom is -0.399 e. The molecule has 0 aliphatic rings. The summed E-state index contributed by atoms with van der Waals surface area (Å²) in [6, 6.07) is 21.1. The van der Waals surface area contributed by atoms with Gasteiger partial charge in [0.15, 0.2) is 0 Å². The lowest BCUT2D eigenvalue weighted by Gasteiger charge is -2.09. The second-order valence-corrected chi connectivity index (χ2v) is 8.73. The van der Waals surface area contributed by atoms with Crippen LogP contribution in [0.4, 0.5) is 0 Å². The molecule has 0 atom stereocenters. The van der Waals surface area contributed by atoms with E-state index in [4.69, 9.17) is 10.9 Å². The molecule has 0 aliphatic heterocycles. The van der Waals surface area contributed by atoms with Crippen LogP contribution in [0.3, 0.4) is 0 Å². The van der Waals surface area contributed by atoms with Gasteiger partial charge in [-0.05, 0) is 53.8 Å². The molecule has 0 saturated carbocycles. The Balaban J connectivity index is 1.59. The largest absolute Gasteiger partial charge is 0.399 e. The van der Waals surface area contributed by atoms with Crippen molar-refractivity contribution in [3.8, 4) is 11.1 Å². The van der Waals surface area contributed by atoms with Crippen molar-refractivity contribution in [1.29, 1.82) is 0 Å². The molecule has 5 N–H and O–H groups in total. The molecule has 0 bridgehead atoms. The van der Waals surface area contributed by atoms with Gasteiger partial charge in [0.2, 0.25) is 10.0 Å². The van der Waals surface area contributed by atoms with Crippen molar-refractivity contribution in [3.05, 3.63) is 96.1 Å². The first-order valence-corrected chi connectivity index (χ1v) is 11.3. The van der Waals surface area contributed by atoms with Crippen molar-refractivity contribution in [3.63, 3.8) is 0 Å². The lowest BCUT2D eigenvalue weighted by atomic mass is 10.0. The smallest absolute Gasteiger partial charge is 0.251 e. The minimum absolute atomic E-state index is 0.0504. The lowest BCUT2D eigenvalue weighted by Crippen LogP contribution is -2.24. The van der Waals surface area contributed by atoms with Crippen LogP contribution in [-0.2, 0) is 16.4 Å². The van der Waals surface area contributed by atoms with Crippen LogP contribution in [0.15, 0.2) is 84.3 Å². The highest BCUT2D eigenvalue weighted by Gasteiger charge is 2.15. The van der Waals surface area contributed by atoms with Crippen molar-refractivity contribution >= 4 is 21.6 Å². The predicted octanol–water partition coefficient (Wildman–Crippen LogP) is 3.29. The number of amides is 1. The Labute approximate surface area is 182 Å². The molecule has 0 unspecified atom stereocenters. The molecule has 3 aromatic carbocycles. The number of benzene rings is 3. The molecule has 0 radical (unpaired) electrons. The first-order chi connectivity index (χ1) is 14.8. The van der Waals surface area contributed by atoms with Crippen LogP contribution in [0, 0.1) is 0 Å². The Kier molecular flexibility index (Phi) is 6.89. The molecule has 31 heavy (non-hydrogen) atoms. The number of hydrogen-bond donors (Lipinski definition) is 3. The summed E-state index contributed by atoms with van der Waals surface area (Å²) in [5, 5.41) is 8.21. The van der Waals surface area contributed by atoms with E-state index in [0.29, 0.717) is 28.9 Å². The fourth-order valence-electron chi connectivity index (χ4n) is 3.28. The van der Waals surface area contributed by atoms with Gasteiger partial charge in [0, 0.05) is 23.4 Å². The van der Waals surface area contributed by atoms with Crippen LogP contribution in [0.25, 0.3) is 16.8 Å². The summed E-state index contributed by atoms with van der Waals surface area (Å²) < 4.78 is 23.6. The number of rotatable bonds is 8. The molecular weight excluding hydrogens is 410 g/mol. The maximum absolute atomic E-state index is 12.4. The highest BCUT2D eigenvalue weighted by molar-refractivity contribution is 7.89. The van der Waals surface area contributed by atoms with Crippen molar-refractivity contribution < 1.29 is 13.2 Å². The first kappa shape index (κ1) is 22.3. The molecule has 0 spiro atoms. The average Bonchev–Trinajstić information content (AvgIpc) is 2.76. The molecule has 0 saturated heterocycles. The topological polar surface area (TPSA) is 115 Å². The van der Waals surface area contributed by atoms with Gasteiger partial charge in [-0.2, -0.15) is 0 Å². The molecule has 0 aromatic heterocycles. The number of nitrogens with one attached hydrogen (secondary N) is 1. The van der Waals surface area contributed by atoms with Crippen LogP contribution in [-0.4, -0.2) is 20.9 Å². The number of sulfonamides is 1. The van der Waals surface area contributed by atoms with E-state index in [1.807, 2.05) is 24.3 Å². The van der Waals surface area contributed by atoms with E-state index in [1.54, 1.807) is 42.5 Å². The molecule has 0 aliphatic carbocycles. The Morgan fingerprint density at radius 3 is 2.32 bits per heavy atom. The monoisotopic (exact) mass is 435 g/mol. The Morgan fingerprint density at radius 2 is 1.65 bits per heavy atom. The molecule has 3 rings (SSSR count). The van der Waals surface area contributed by atoms with Crippen molar-refractivity contribution in [1.82, 2.24) is 5.32 Å². The van der Waals surface area contributed by atoms with E-state index in [-0.39, 0.29) is 10.8 Å². The highest BCUT2D eigenvalue weighted by atomic mass is 32.2. The van der Waals surface area contributed by atoms with E-state index < -0.39 is 10.0 Å². The number of carbonyl (C=O) groups is 1. The summed E-state index contributed by atoms with van der Waals surface area (Å²) >= 11 is 0. The summed E-state index contributed by atoms with van der Waals surface area (Å²) in [4.78, 5) is 12.5. The number of carbonyl (C=O) groups excluding carboxylic acids is 1. The third-order valence-electron chi connectivity index (χ3n) is 4.88. The summed E-state index contributed by atoms with van der Waals surface area (Å²) in [5.74, 6) is -0.185. The molecule has 1 amide bonds. The normalized spacial score (nSPS) is 11.1. The van der Waals surface area contributed by atoms with Crippen LogP contribution in [0.5, 0.6) is 0 Å². The third kappa shape index (κ3) is 5.81. The summed E-state index contributed by atoms with van der Waals surface area (Å²) in [6.07, 6.45) is 1.59. The van der Waals surface area contributed by atoms with E-state index in [1.165, 1.54) is 6.07 Å². The summed E-state index contributed by atoms with van der Waals surface area (Å²) in [6.45, 7) is 4.28. The molecular formula is C24H25N3O3S. The Hall–Kier alpha value is -3.42. The van der Waals surface area contributed by atoms with Crippen LogP contribution < -0.4 is 16.2 Å².